The van der Waals surface area contributed by atoms with Crippen molar-refractivity contribution >= 4 is 5.97 Å². The second-order valence-electron chi connectivity index (χ2n) is 9.86. The number of hydrogen-bond donors (Lipinski definition) is 1. The lowest BCUT2D eigenvalue weighted by Crippen LogP contribution is -2.36. The molecule has 0 saturated heterocycles. The summed E-state index contributed by atoms with van der Waals surface area (Å²) in [7, 11) is 0. The Bertz CT molecular complexity index is 369. The molecular weight excluding hydrogens is 368 g/mol. The zero-order valence-corrected chi connectivity index (χ0v) is 21.3. The summed E-state index contributed by atoms with van der Waals surface area (Å²) in [6.07, 6.45) is 26.7. The minimum Gasteiger partial charge on any atom is -0.481 e. The Kier molecular flexibility index (Phi) is 20.0. The van der Waals surface area contributed by atoms with E-state index in [4.69, 9.17) is 0 Å². The van der Waals surface area contributed by atoms with Gasteiger partial charge in [0, 0.05) is 0 Å². The van der Waals surface area contributed by atoms with Gasteiger partial charge < -0.3 is 5.11 Å². The van der Waals surface area contributed by atoms with Crippen molar-refractivity contribution in [1.29, 1.82) is 0 Å². The van der Waals surface area contributed by atoms with Crippen LogP contribution in [0.4, 0.5) is 0 Å². The second-order valence-corrected chi connectivity index (χ2v) is 9.86. The maximum Gasteiger partial charge on any atom is 0.307 e. The first-order valence-electron chi connectivity index (χ1n) is 13.8. The van der Waals surface area contributed by atoms with Crippen LogP contribution in [0.25, 0.3) is 0 Å². The molecule has 0 aliphatic carbocycles. The number of carboxylic acid groups (broad SMARTS) is 1. The topological polar surface area (TPSA) is 37.3 Å². The van der Waals surface area contributed by atoms with Crippen LogP contribution in [0.3, 0.4) is 0 Å². The zero-order chi connectivity index (χ0) is 22.5. The molecule has 2 heteroatoms. The van der Waals surface area contributed by atoms with E-state index in [9.17, 15) is 9.90 Å². The number of carboxylic acids is 1. The Morgan fingerprint density at radius 3 is 1.23 bits per heavy atom. The fraction of sp³-hybridized carbons (Fsp3) is 0.964. The minimum atomic E-state index is -0.556. The lowest BCUT2D eigenvalue weighted by Gasteiger charge is -2.39. The van der Waals surface area contributed by atoms with Gasteiger partial charge in [-0.1, -0.05) is 137 Å². The Morgan fingerprint density at radius 2 is 0.900 bits per heavy atom. The lowest BCUT2D eigenvalue weighted by molar-refractivity contribution is -0.148. The molecule has 1 N–H and O–H groups in total. The third kappa shape index (κ3) is 13.7. The van der Waals surface area contributed by atoms with E-state index < -0.39 is 5.97 Å². The van der Waals surface area contributed by atoms with Gasteiger partial charge in [-0.15, -0.1) is 0 Å². The van der Waals surface area contributed by atoms with Crippen molar-refractivity contribution in [3.8, 4) is 0 Å². The molecule has 0 bridgehead atoms. The number of unbranched alkanes of at least 4 members (excludes halogenated alkanes) is 14. The van der Waals surface area contributed by atoms with Gasteiger partial charge in [-0.25, -0.2) is 0 Å². The Labute approximate surface area is 190 Å². The molecule has 0 heterocycles. The van der Waals surface area contributed by atoms with Crippen LogP contribution in [-0.2, 0) is 4.79 Å². The smallest absolute Gasteiger partial charge is 0.307 e. The molecule has 0 aromatic rings. The quantitative estimate of drug-likeness (QED) is 0.166. The fourth-order valence-corrected chi connectivity index (χ4v) is 5.32. The van der Waals surface area contributed by atoms with Crippen molar-refractivity contribution in [2.75, 3.05) is 0 Å². The van der Waals surface area contributed by atoms with E-state index in [-0.39, 0.29) is 11.3 Å². The molecule has 180 valence electrons. The molecular formula is C28H56O2. The molecule has 1 atom stereocenters. The summed E-state index contributed by atoms with van der Waals surface area (Å²) in [5, 5.41) is 9.91. The predicted molar refractivity (Wildman–Crippen MR) is 133 cm³/mol. The van der Waals surface area contributed by atoms with Crippen LogP contribution < -0.4 is 0 Å². The van der Waals surface area contributed by atoms with E-state index in [1.165, 1.54) is 109 Å². The normalized spacial score (nSPS) is 12.9. The number of aliphatic carboxylic acids is 1. The SMILES string of the molecule is CCCCCCCCCCCCCCCC(CCCC)(CCCC)C(CC)C(=O)O. The molecule has 0 amide bonds. The summed E-state index contributed by atoms with van der Waals surface area (Å²) in [5.41, 5.74) is 0.0321. The fourth-order valence-electron chi connectivity index (χ4n) is 5.32. The molecule has 2 nitrogen and oxygen atoms in total. The standard InChI is InChI=1S/C28H56O2/c1-5-9-12-13-14-15-16-17-18-19-20-21-22-25-28(23-10-6-2,24-11-7-3)26(8-4)27(29)30/h26H,5-25H2,1-4H3,(H,29,30). The highest BCUT2D eigenvalue weighted by atomic mass is 16.4. The molecule has 0 saturated carbocycles. The van der Waals surface area contributed by atoms with Gasteiger partial charge in [-0.05, 0) is 31.1 Å². The monoisotopic (exact) mass is 424 g/mol. The van der Waals surface area contributed by atoms with E-state index >= 15 is 0 Å². The zero-order valence-electron chi connectivity index (χ0n) is 21.3. The highest BCUT2D eigenvalue weighted by molar-refractivity contribution is 5.71. The highest BCUT2D eigenvalue weighted by Crippen LogP contribution is 2.45. The third-order valence-corrected chi connectivity index (χ3v) is 7.28. The van der Waals surface area contributed by atoms with Crippen molar-refractivity contribution < 1.29 is 9.90 Å². The minimum absolute atomic E-state index is 0.0321. The predicted octanol–water partition coefficient (Wildman–Crippen LogP) is 9.95. The summed E-state index contributed by atoms with van der Waals surface area (Å²) in [6, 6.07) is 0. The number of rotatable bonds is 23. The average molecular weight is 425 g/mol. The maximum atomic E-state index is 12.0. The van der Waals surface area contributed by atoms with Crippen LogP contribution in [0.2, 0.25) is 0 Å². The molecule has 0 radical (unpaired) electrons. The van der Waals surface area contributed by atoms with Crippen LogP contribution in [-0.4, -0.2) is 11.1 Å². The molecule has 30 heavy (non-hydrogen) atoms. The first-order chi connectivity index (χ1) is 14.6. The van der Waals surface area contributed by atoms with E-state index in [0.717, 1.165) is 25.7 Å². The Morgan fingerprint density at radius 1 is 0.567 bits per heavy atom. The summed E-state index contributed by atoms with van der Waals surface area (Å²) in [5.74, 6) is -0.715. The molecule has 0 rings (SSSR count). The summed E-state index contributed by atoms with van der Waals surface area (Å²) < 4.78 is 0. The first kappa shape index (κ1) is 29.5. The molecule has 0 aliphatic heterocycles. The van der Waals surface area contributed by atoms with E-state index in [0.29, 0.717) is 0 Å². The van der Waals surface area contributed by atoms with Gasteiger partial charge in [-0.3, -0.25) is 4.79 Å². The highest BCUT2D eigenvalue weighted by Gasteiger charge is 2.40. The van der Waals surface area contributed by atoms with Crippen LogP contribution >= 0.6 is 0 Å². The van der Waals surface area contributed by atoms with Gasteiger partial charge in [0.15, 0.2) is 0 Å². The molecule has 0 aliphatic rings. The number of hydrogen-bond acceptors (Lipinski definition) is 1. The third-order valence-electron chi connectivity index (χ3n) is 7.28. The molecule has 0 fully saturated rings. The summed E-state index contributed by atoms with van der Waals surface area (Å²) >= 11 is 0. The maximum absolute atomic E-state index is 12.0. The second kappa shape index (κ2) is 20.4. The van der Waals surface area contributed by atoms with Gasteiger partial charge in [0.05, 0.1) is 5.92 Å². The van der Waals surface area contributed by atoms with Crippen molar-refractivity contribution in [1.82, 2.24) is 0 Å². The van der Waals surface area contributed by atoms with Crippen molar-refractivity contribution in [2.45, 2.75) is 163 Å². The van der Waals surface area contributed by atoms with E-state index in [1.807, 2.05) is 0 Å². The number of carbonyl (C=O) groups is 1. The van der Waals surface area contributed by atoms with Gasteiger partial charge in [-0.2, -0.15) is 0 Å². The van der Waals surface area contributed by atoms with E-state index in [1.54, 1.807) is 0 Å². The van der Waals surface area contributed by atoms with Crippen molar-refractivity contribution in [3.63, 3.8) is 0 Å². The molecule has 0 aromatic carbocycles. The van der Waals surface area contributed by atoms with Crippen LogP contribution in [0.15, 0.2) is 0 Å². The lowest BCUT2D eigenvalue weighted by atomic mass is 9.65. The summed E-state index contributed by atoms with van der Waals surface area (Å²) in [4.78, 5) is 12.0. The molecule has 0 aromatic heterocycles. The van der Waals surface area contributed by atoms with Gasteiger partial charge in [0.25, 0.3) is 0 Å². The van der Waals surface area contributed by atoms with Gasteiger partial charge in [0.1, 0.15) is 0 Å². The van der Waals surface area contributed by atoms with Crippen molar-refractivity contribution in [2.24, 2.45) is 11.3 Å². The van der Waals surface area contributed by atoms with Gasteiger partial charge in [0.2, 0.25) is 0 Å². The summed E-state index contributed by atoms with van der Waals surface area (Å²) in [6.45, 7) is 8.83. The van der Waals surface area contributed by atoms with E-state index in [2.05, 4.69) is 27.7 Å². The van der Waals surface area contributed by atoms with Crippen molar-refractivity contribution in [3.05, 3.63) is 0 Å². The first-order valence-corrected chi connectivity index (χ1v) is 13.8. The Hall–Kier alpha value is -0.530. The molecule has 1 unspecified atom stereocenters. The van der Waals surface area contributed by atoms with Crippen LogP contribution in [0.1, 0.15) is 163 Å². The average Bonchev–Trinajstić information content (AvgIpc) is 2.74. The largest absolute Gasteiger partial charge is 0.481 e. The van der Waals surface area contributed by atoms with Gasteiger partial charge >= 0.3 is 5.97 Å². The van der Waals surface area contributed by atoms with Crippen LogP contribution in [0.5, 0.6) is 0 Å². The molecule has 0 spiro atoms. The van der Waals surface area contributed by atoms with Crippen LogP contribution in [0, 0.1) is 11.3 Å². The Balaban J connectivity index is 4.21.